The molecule has 0 aliphatic rings. The molecule has 2 aromatic rings. The highest BCUT2D eigenvalue weighted by atomic mass is 16.5. The van der Waals surface area contributed by atoms with E-state index in [1.165, 1.54) is 0 Å². The molecule has 0 spiro atoms. The smallest absolute Gasteiger partial charge is 0.252 e. The van der Waals surface area contributed by atoms with Crippen LogP contribution in [0.5, 0.6) is 17.2 Å². The van der Waals surface area contributed by atoms with E-state index in [2.05, 4.69) is 5.32 Å². The first-order valence-electron chi connectivity index (χ1n) is 9.35. The highest BCUT2D eigenvalue weighted by molar-refractivity contribution is 5.95. The van der Waals surface area contributed by atoms with E-state index in [0.29, 0.717) is 42.6 Å². The minimum Gasteiger partial charge on any atom is -0.490 e. The van der Waals surface area contributed by atoms with E-state index in [1.807, 2.05) is 47.6 Å². The van der Waals surface area contributed by atoms with Gasteiger partial charge in [-0.15, -0.1) is 0 Å². The van der Waals surface area contributed by atoms with Gasteiger partial charge in [-0.2, -0.15) is 0 Å². The Labute approximate surface area is 160 Å². The van der Waals surface area contributed by atoms with Crippen molar-refractivity contribution in [3.63, 3.8) is 0 Å². The third-order valence-electron chi connectivity index (χ3n) is 4.06. The van der Waals surface area contributed by atoms with Gasteiger partial charge >= 0.3 is 0 Å². The lowest BCUT2D eigenvalue weighted by Crippen LogP contribution is -2.27. The summed E-state index contributed by atoms with van der Waals surface area (Å²) >= 11 is 0. The van der Waals surface area contributed by atoms with Gasteiger partial charge in [-0.25, -0.2) is 0 Å². The first kappa shape index (κ1) is 20.7. The van der Waals surface area contributed by atoms with E-state index < -0.39 is 0 Å². The summed E-state index contributed by atoms with van der Waals surface area (Å²) in [5.74, 6) is 2.92. The van der Waals surface area contributed by atoms with E-state index >= 15 is 0 Å². The maximum Gasteiger partial charge on any atom is 0.252 e. The van der Waals surface area contributed by atoms with Crippen LogP contribution in [0.2, 0.25) is 0 Å². The zero-order valence-corrected chi connectivity index (χ0v) is 17.0. The molecule has 6 nitrogen and oxygen atoms in total. The van der Waals surface area contributed by atoms with Crippen molar-refractivity contribution in [3.05, 3.63) is 40.8 Å². The molecule has 1 heterocycles. The van der Waals surface area contributed by atoms with Crippen molar-refractivity contribution >= 4 is 5.91 Å². The lowest BCUT2D eigenvalue weighted by molar-refractivity contribution is 0.0938. The molecule has 0 aliphatic carbocycles. The molecule has 0 bridgehead atoms. The summed E-state index contributed by atoms with van der Waals surface area (Å²) in [5, 5.41) is 3.01. The van der Waals surface area contributed by atoms with Crippen LogP contribution < -0.4 is 19.5 Å². The Hall–Kier alpha value is -2.63. The average Bonchev–Trinajstić information content (AvgIpc) is 2.96. The molecule has 0 fully saturated rings. The van der Waals surface area contributed by atoms with Gasteiger partial charge in [0.05, 0.1) is 25.9 Å². The predicted molar refractivity (Wildman–Crippen MR) is 104 cm³/mol. The molecule has 1 N–H and O–H groups in total. The summed E-state index contributed by atoms with van der Waals surface area (Å²) in [6.07, 6.45) is 0. The highest BCUT2D eigenvalue weighted by Gasteiger charge is 2.21. The predicted octanol–water partition coefficient (Wildman–Crippen LogP) is 4.58. The van der Waals surface area contributed by atoms with Crippen molar-refractivity contribution in [1.82, 2.24) is 5.32 Å². The standard InChI is InChI=1S/C21H29NO5/c1-7-24-18-11-16(12-19(25-8-2)20(18)26-9-3)21(23)22-14(5)17-10-13(4)27-15(17)6/h10-12,14H,7-9H2,1-6H3,(H,22,23). The Balaban J connectivity index is 2.32. The van der Waals surface area contributed by atoms with Crippen LogP contribution in [0.4, 0.5) is 0 Å². The number of nitrogens with one attached hydrogen (secondary N) is 1. The summed E-state index contributed by atoms with van der Waals surface area (Å²) in [6.45, 7) is 12.8. The number of hydrogen-bond acceptors (Lipinski definition) is 5. The van der Waals surface area contributed by atoms with Gasteiger partial charge in [0.25, 0.3) is 5.91 Å². The second kappa shape index (κ2) is 9.35. The van der Waals surface area contributed by atoms with Crippen LogP contribution in [0, 0.1) is 13.8 Å². The van der Waals surface area contributed by atoms with Crippen molar-refractivity contribution in [2.75, 3.05) is 19.8 Å². The molecule has 1 aromatic carbocycles. The average molecular weight is 375 g/mol. The van der Waals surface area contributed by atoms with Crippen molar-refractivity contribution in [2.24, 2.45) is 0 Å². The Morgan fingerprint density at radius 2 is 1.56 bits per heavy atom. The van der Waals surface area contributed by atoms with E-state index in [9.17, 15) is 4.79 Å². The van der Waals surface area contributed by atoms with Gasteiger partial charge in [0.2, 0.25) is 5.75 Å². The SMILES string of the molecule is CCOc1cc(C(=O)NC(C)c2cc(C)oc2C)cc(OCC)c1OCC. The van der Waals surface area contributed by atoms with E-state index in [4.69, 9.17) is 18.6 Å². The molecule has 148 valence electrons. The van der Waals surface area contributed by atoms with Gasteiger partial charge in [-0.1, -0.05) is 0 Å². The number of benzene rings is 1. The number of furan rings is 1. The fraction of sp³-hybridized carbons (Fsp3) is 0.476. The third-order valence-corrected chi connectivity index (χ3v) is 4.06. The molecule has 6 heteroatoms. The van der Waals surface area contributed by atoms with Gasteiger partial charge in [0.15, 0.2) is 11.5 Å². The zero-order valence-electron chi connectivity index (χ0n) is 17.0. The first-order chi connectivity index (χ1) is 12.9. The van der Waals surface area contributed by atoms with Crippen LogP contribution in [0.3, 0.4) is 0 Å². The Kier molecular flexibility index (Phi) is 7.16. The van der Waals surface area contributed by atoms with Crippen LogP contribution in [0.1, 0.15) is 61.2 Å². The van der Waals surface area contributed by atoms with Crippen molar-refractivity contribution in [3.8, 4) is 17.2 Å². The largest absolute Gasteiger partial charge is 0.490 e. The lowest BCUT2D eigenvalue weighted by Gasteiger charge is -2.18. The van der Waals surface area contributed by atoms with E-state index in [-0.39, 0.29) is 11.9 Å². The second-order valence-corrected chi connectivity index (χ2v) is 6.16. The Morgan fingerprint density at radius 1 is 1.00 bits per heavy atom. The van der Waals surface area contributed by atoms with Gasteiger partial charge in [-0.05, 0) is 59.7 Å². The van der Waals surface area contributed by atoms with E-state index in [1.54, 1.807) is 12.1 Å². The van der Waals surface area contributed by atoms with Crippen molar-refractivity contribution in [1.29, 1.82) is 0 Å². The van der Waals surface area contributed by atoms with Gasteiger partial charge in [-0.3, -0.25) is 4.79 Å². The Morgan fingerprint density at radius 3 is 2.00 bits per heavy atom. The van der Waals surface area contributed by atoms with Crippen LogP contribution in [0.25, 0.3) is 0 Å². The summed E-state index contributed by atoms with van der Waals surface area (Å²) < 4.78 is 22.6. The lowest BCUT2D eigenvalue weighted by atomic mass is 10.1. The Bertz CT molecular complexity index is 754. The topological polar surface area (TPSA) is 69.9 Å². The molecule has 27 heavy (non-hydrogen) atoms. The van der Waals surface area contributed by atoms with Crippen LogP contribution in [-0.2, 0) is 0 Å². The third kappa shape index (κ3) is 4.96. The molecule has 1 amide bonds. The van der Waals surface area contributed by atoms with Crippen molar-refractivity contribution in [2.45, 2.75) is 47.6 Å². The van der Waals surface area contributed by atoms with Crippen LogP contribution in [-0.4, -0.2) is 25.7 Å². The minimum absolute atomic E-state index is 0.187. The fourth-order valence-corrected chi connectivity index (χ4v) is 2.96. The van der Waals surface area contributed by atoms with Crippen molar-refractivity contribution < 1.29 is 23.4 Å². The number of carbonyl (C=O) groups is 1. The molecular formula is C21H29NO5. The van der Waals surface area contributed by atoms with Gasteiger partial charge in [0.1, 0.15) is 11.5 Å². The number of rotatable bonds is 9. The summed E-state index contributed by atoms with van der Waals surface area (Å²) in [4.78, 5) is 12.8. The molecule has 2 rings (SSSR count). The zero-order chi connectivity index (χ0) is 20.0. The van der Waals surface area contributed by atoms with Gasteiger partial charge in [0, 0.05) is 11.1 Å². The number of carbonyl (C=O) groups excluding carboxylic acids is 1. The summed E-state index contributed by atoms with van der Waals surface area (Å²) in [7, 11) is 0. The summed E-state index contributed by atoms with van der Waals surface area (Å²) in [5.41, 5.74) is 1.41. The van der Waals surface area contributed by atoms with Gasteiger partial charge < -0.3 is 23.9 Å². The van der Waals surface area contributed by atoms with Crippen LogP contribution >= 0.6 is 0 Å². The second-order valence-electron chi connectivity index (χ2n) is 6.16. The first-order valence-corrected chi connectivity index (χ1v) is 9.35. The number of aryl methyl sites for hydroxylation is 2. The number of hydrogen-bond donors (Lipinski definition) is 1. The quantitative estimate of drug-likeness (QED) is 0.694. The number of amides is 1. The molecule has 1 unspecified atom stereocenters. The summed E-state index contributed by atoms with van der Waals surface area (Å²) in [6, 6.07) is 5.13. The molecule has 0 radical (unpaired) electrons. The highest BCUT2D eigenvalue weighted by Crippen LogP contribution is 2.39. The monoisotopic (exact) mass is 375 g/mol. The van der Waals surface area contributed by atoms with E-state index in [0.717, 1.165) is 17.1 Å². The molecule has 1 aromatic heterocycles. The maximum absolute atomic E-state index is 12.8. The molecular weight excluding hydrogens is 346 g/mol. The van der Waals surface area contributed by atoms with Crippen LogP contribution in [0.15, 0.2) is 22.6 Å². The number of ether oxygens (including phenoxy) is 3. The molecule has 0 saturated heterocycles. The molecule has 1 atom stereocenters. The molecule has 0 saturated carbocycles. The minimum atomic E-state index is -0.217. The molecule has 0 aliphatic heterocycles. The normalized spacial score (nSPS) is 11.8. The maximum atomic E-state index is 12.8. The fourth-order valence-electron chi connectivity index (χ4n) is 2.96.